The Labute approximate surface area is 190 Å². The number of hydrogen-bond donors (Lipinski definition) is 0. The Bertz CT molecular complexity index is 893. The highest BCUT2D eigenvalue weighted by atomic mass is 19.3. The van der Waals surface area contributed by atoms with E-state index in [1.165, 1.54) is 17.7 Å². The lowest BCUT2D eigenvalue weighted by Crippen LogP contribution is -2.22. The molecular formula is C28H33F3O. The van der Waals surface area contributed by atoms with Gasteiger partial charge in [0.2, 0.25) is 0 Å². The van der Waals surface area contributed by atoms with Gasteiger partial charge in [0.05, 0.1) is 12.2 Å². The van der Waals surface area contributed by atoms with Gasteiger partial charge in [-0.2, -0.15) is 8.78 Å². The first kappa shape index (κ1) is 24.3. The van der Waals surface area contributed by atoms with Crippen molar-refractivity contribution in [2.45, 2.75) is 63.9 Å². The predicted octanol–water partition coefficient (Wildman–Crippen LogP) is 8.10. The molecule has 0 aromatic heterocycles. The van der Waals surface area contributed by atoms with E-state index in [0.29, 0.717) is 12.3 Å². The van der Waals surface area contributed by atoms with E-state index < -0.39 is 17.5 Å². The molecule has 0 N–H and O–H groups in total. The molecule has 4 heteroatoms. The van der Waals surface area contributed by atoms with Gasteiger partial charge in [0.15, 0.2) is 0 Å². The minimum atomic E-state index is -3.66. The molecule has 1 fully saturated rings. The molecule has 3 rings (SSSR count). The summed E-state index contributed by atoms with van der Waals surface area (Å²) in [4.78, 5) is 0. The Kier molecular flexibility index (Phi) is 8.75. The lowest BCUT2D eigenvalue weighted by atomic mass is 9.78. The Morgan fingerprint density at radius 1 is 1.00 bits per heavy atom. The number of allylic oxidation sites excluding steroid dienone is 3. The molecule has 0 radical (unpaired) electrons. The topological polar surface area (TPSA) is 9.23 Å². The minimum absolute atomic E-state index is 0.185. The zero-order valence-electron chi connectivity index (χ0n) is 18.8. The maximum atomic E-state index is 14.6. The van der Waals surface area contributed by atoms with Gasteiger partial charge in [0, 0.05) is 0 Å². The van der Waals surface area contributed by atoms with Gasteiger partial charge in [-0.3, -0.25) is 0 Å². The summed E-state index contributed by atoms with van der Waals surface area (Å²) in [6, 6.07) is 11.9. The third kappa shape index (κ3) is 6.59. The van der Waals surface area contributed by atoms with Crippen molar-refractivity contribution in [3.05, 3.63) is 95.3 Å². The standard InChI is InChI=1S/C28H33F3O/c1-3-5-7-22-8-10-23(11-9-22)18-19-32-28(30,31)26-17-16-25(20-27(26)29)24-14-12-21(6-4-2)13-15-24/h3-4,6,8-11,16-17,20-21,24H,1,5,7,12-15,18-19H2,2H3/b6-4+/t21-,24-. The predicted molar refractivity (Wildman–Crippen MR) is 124 cm³/mol. The van der Waals surface area contributed by atoms with Gasteiger partial charge in [0.25, 0.3) is 0 Å². The number of hydrogen-bond acceptors (Lipinski definition) is 1. The highest BCUT2D eigenvalue weighted by molar-refractivity contribution is 5.29. The zero-order valence-corrected chi connectivity index (χ0v) is 18.8. The van der Waals surface area contributed by atoms with Crippen LogP contribution in [0.2, 0.25) is 0 Å². The van der Waals surface area contributed by atoms with Crippen LogP contribution in [0.4, 0.5) is 13.2 Å². The molecule has 0 heterocycles. The monoisotopic (exact) mass is 442 g/mol. The maximum absolute atomic E-state index is 14.6. The summed E-state index contributed by atoms with van der Waals surface area (Å²) in [5.41, 5.74) is 2.20. The van der Waals surface area contributed by atoms with Crippen LogP contribution in [0.25, 0.3) is 0 Å². The van der Waals surface area contributed by atoms with E-state index in [1.807, 2.05) is 37.3 Å². The first-order chi connectivity index (χ1) is 15.4. The molecule has 0 amide bonds. The Morgan fingerprint density at radius 2 is 1.66 bits per heavy atom. The Balaban J connectivity index is 1.55. The molecule has 0 aliphatic heterocycles. The molecule has 0 spiro atoms. The molecule has 172 valence electrons. The van der Waals surface area contributed by atoms with E-state index in [0.717, 1.165) is 49.7 Å². The molecule has 1 saturated carbocycles. The molecule has 0 unspecified atom stereocenters. The fourth-order valence-corrected chi connectivity index (χ4v) is 4.45. The smallest absolute Gasteiger partial charge is 0.316 e. The molecular weight excluding hydrogens is 409 g/mol. The van der Waals surface area contributed by atoms with Crippen molar-refractivity contribution >= 4 is 0 Å². The second kappa shape index (κ2) is 11.5. The van der Waals surface area contributed by atoms with Crippen molar-refractivity contribution in [1.29, 1.82) is 0 Å². The molecule has 1 aliphatic rings. The van der Waals surface area contributed by atoms with Gasteiger partial charge in [-0.15, -0.1) is 6.58 Å². The minimum Gasteiger partial charge on any atom is -0.316 e. The number of rotatable bonds is 10. The third-order valence-corrected chi connectivity index (χ3v) is 6.35. The fourth-order valence-electron chi connectivity index (χ4n) is 4.45. The van der Waals surface area contributed by atoms with E-state index in [-0.39, 0.29) is 12.5 Å². The second-order valence-electron chi connectivity index (χ2n) is 8.64. The second-order valence-corrected chi connectivity index (χ2v) is 8.64. The highest BCUT2D eigenvalue weighted by Crippen LogP contribution is 2.38. The summed E-state index contributed by atoms with van der Waals surface area (Å²) in [7, 11) is 0. The van der Waals surface area contributed by atoms with Gasteiger partial charge < -0.3 is 4.74 Å². The van der Waals surface area contributed by atoms with Crippen LogP contribution in [0.3, 0.4) is 0 Å². The van der Waals surface area contributed by atoms with Crippen LogP contribution in [0, 0.1) is 11.7 Å². The van der Waals surface area contributed by atoms with Gasteiger partial charge in [-0.25, -0.2) is 4.39 Å². The van der Waals surface area contributed by atoms with Crippen LogP contribution in [-0.4, -0.2) is 6.61 Å². The summed E-state index contributed by atoms with van der Waals surface area (Å²) in [6.45, 7) is 5.54. The molecule has 1 nitrogen and oxygen atoms in total. The maximum Gasteiger partial charge on any atom is 0.386 e. The van der Waals surface area contributed by atoms with E-state index in [4.69, 9.17) is 4.74 Å². The van der Waals surface area contributed by atoms with Gasteiger partial charge in [-0.05, 0) is 92.5 Å². The summed E-state index contributed by atoms with van der Waals surface area (Å²) in [5, 5.41) is 0. The summed E-state index contributed by atoms with van der Waals surface area (Å²) < 4.78 is 48.6. The Hall–Kier alpha value is -2.33. The molecule has 32 heavy (non-hydrogen) atoms. The van der Waals surface area contributed by atoms with Crippen molar-refractivity contribution in [3.8, 4) is 0 Å². The van der Waals surface area contributed by atoms with Crippen molar-refractivity contribution in [1.82, 2.24) is 0 Å². The number of aryl methyl sites for hydroxylation is 1. The van der Waals surface area contributed by atoms with Crippen LogP contribution in [0.5, 0.6) is 0 Å². The van der Waals surface area contributed by atoms with Crippen molar-refractivity contribution in [2.24, 2.45) is 5.92 Å². The summed E-state index contributed by atoms with van der Waals surface area (Å²) in [6.07, 6.45) is 8.64. The van der Waals surface area contributed by atoms with Gasteiger partial charge in [-0.1, -0.05) is 48.6 Å². The van der Waals surface area contributed by atoms with Crippen molar-refractivity contribution in [2.75, 3.05) is 6.61 Å². The molecule has 0 saturated heterocycles. The molecule has 2 aromatic rings. The number of benzene rings is 2. The summed E-state index contributed by atoms with van der Waals surface area (Å²) >= 11 is 0. The SMILES string of the molecule is C=CCCc1ccc(CCOC(F)(F)c2ccc([C@H]3CC[C@H](/C=C/C)CC3)cc2F)cc1. The summed E-state index contributed by atoms with van der Waals surface area (Å²) in [5.74, 6) is -0.0971. The number of alkyl halides is 2. The fraction of sp³-hybridized carbons (Fsp3) is 0.429. The third-order valence-electron chi connectivity index (χ3n) is 6.35. The Morgan fingerprint density at radius 3 is 2.25 bits per heavy atom. The number of ether oxygens (including phenoxy) is 1. The average Bonchev–Trinajstić information content (AvgIpc) is 2.79. The highest BCUT2D eigenvalue weighted by Gasteiger charge is 2.36. The van der Waals surface area contributed by atoms with Crippen LogP contribution in [0.1, 0.15) is 67.2 Å². The van der Waals surface area contributed by atoms with E-state index in [9.17, 15) is 13.2 Å². The molecule has 1 aliphatic carbocycles. The van der Waals surface area contributed by atoms with Crippen LogP contribution in [0.15, 0.2) is 67.3 Å². The molecule has 2 aromatic carbocycles. The van der Waals surface area contributed by atoms with Crippen molar-refractivity contribution in [3.63, 3.8) is 0 Å². The van der Waals surface area contributed by atoms with Gasteiger partial charge >= 0.3 is 6.11 Å². The average molecular weight is 443 g/mol. The normalized spacial score (nSPS) is 19.4. The van der Waals surface area contributed by atoms with Crippen molar-refractivity contribution < 1.29 is 17.9 Å². The molecule has 0 atom stereocenters. The zero-order chi connectivity index (χ0) is 23.0. The molecule has 0 bridgehead atoms. The van der Waals surface area contributed by atoms with Gasteiger partial charge in [0.1, 0.15) is 5.82 Å². The largest absolute Gasteiger partial charge is 0.386 e. The first-order valence-electron chi connectivity index (χ1n) is 11.6. The van der Waals surface area contributed by atoms with Crippen LogP contribution < -0.4 is 0 Å². The lowest BCUT2D eigenvalue weighted by Gasteiger charge is -2.27. The lowest BCUT2D eigenvalue weighted by molar-refractivity contribution is -0.249. The van der Waals surface area contributed by atoms with Crippen LogP contribution >= 0.6 is 0 Å². The first-order valence-corrected chi connectivity index (χ1v) is 11.6. The van der Waals surface area contributed by atoms with E-state index in [1.54, 1.807) is 6.07 Å². The quantitative estimate of drug-likeness (QED) is 0.338. The van der Waals surface area contributed by atoms with Crippen LogP contribution in [-0.2, 0) is 23.7 Å². The van der Waals surface area contributed by atoms with E-state index in [2.05, 4.69) is 18.7 Å². The number of halogens is 3. The van der Waals surface area contributed by atoms with E-state index >= 15 is 0 Å².